The first-order chi connectivity index (χ1) is 9.74. The molecule has 2 N–H and O–H groups in total. The molecule has 1 aliphatic heterocycles. The van der Waals surface area contributed by atoms with E-state index in [2.05, 4.69) is 10.6 Å². The quantitative estimate of drug-likeness (QED) is 0.702. The molecule has 5 heteroatoms. The summed E-state index contributed by atoms with van der Waals surface area (Å²) in [6.45, 7) is 2.26. The summed E-state index contributed by atoms with van der Waals surface area (Å²) < 4.78 is 0. The highest BCUT2D eigenvalue weighted by atomic mass is 16.2. The van der Waals surface area contributed by atoms with Crippen molar-refractivity contribution in [3.05, 3.63) is 0 Å². The van der Waals surface area contributed by atoms with Gasteiger partial charge in [0.15, 0.2) is 0 Å². The van der Waals surface area contributed by atoms with Gasteiger partial charge in [0.05, 0.1) is 0 Å². The van der Waals surface area contributed by atoms with Crippen molar-refractivity contribution in [2.24, 2.45) is 5.92 Å². The van der Waals surface area contributed by atoms with Crippen LogP contribution in [0.25, 0.3) is 0 Å². The average molecular weight is 281 g/mol. The van der Waals surface area contributed by atoms with Crippen LogP contribution in [0.5, 0.6) is 0 Å². The molecule has 5 nitrogen and oxygen atoms in total. The Morgan fingerprint density at radius 2 is 1.75 bits per heavy atom. The van der Waals surface area contributed by atoms with E-state index in [1.807, 2.05) is 4.90 Å². The highest BCUT2D eigenvalue weighted by molar-refractivity contribution is 6.35. The molecule has 0 spiro atoms. The van der Waals surface area contributed by atoms with Crippen molar-refractivity contribution in [2.75, 3.05) is 26.7 Å². The number of piperazine rings is 1. The summed E-state index contributed by atoms with van der Waals surface area (Å²) in [4.78, 5) is 25.7. The lowest BCUT2D eigenvalue weighted by atomic mass is 9.84. The number of amides is 2. The number of likely N-dealkylation sites (N-methyl/N-ethyl adjacent to an activating group) is 1. The maximum atomic E-state index is 12.2. The molecule has 2 amide bonds. The topological polar surface area (TPSA) is 61.4 Å². The lowest BCUT2D eigenvalue weighted by molar-refractivity contribution is -0.148. The maximum absolute atomic E-state index is 12.2. The third kappa shape index (κ3) is 3.72. The molecule has 2 rings (SSSR count). The lowest BCUT2D eigenvalue weighted by Gasteiger charge is -2.41. The molecule has 1 saturated heterocycles. The molecule has 0 radical (unpaired) electrons. The van der Waals surface area contributed by atoms with Crippen molar-refractivity contribution in [3.63, 3.8) is 0 Å². The summed E-state index contributed by atoms with van der Waals surface area (Å²) >= 11 is 0. The largest absolute Gasteiger partial charge is 0.351 e. The van der Waals surface area contributed by atoms with Gasteiger partial charge >= 0.3 is 11.8 Å². The molecular formula is C15H27N3O2. The van der Waals surface area contributed by atoms with E-state index in [1.54, 1.807) is 0 Å². The standard InChI is InChI=1S/C15H27N3O2/c1-16-14(19)15(20)18-10-9-17-11-13(18)12-7-5-3-2-4-6-8-12/h12-13,17H,2-11H2,1H3,(H,16,19). The Morgan fingerprint density at radius 1 is 1.10 bits per heavy atom. The van der Waals surface area contributed by atoms with Gasteiger partial charge in [0, 0.05) is 32.7 Å². The van der Waals surface area contributed by atoms with E-state index < -0.39 is 5.91 Å². The molecule has 0 bridgehead atoms. The number of nitrogens with one attached hydrogen (secondary N) is 2. The van der Waals surface area contributed by atoms with Gasteiger partial charge in [0.2, 0.25) is 0 Å². The van der Waals surface area contributed by atoms with E-state index in [9.17, 15) is 9.59 Å². The van der Waals surface area contributed by atoms with Crippen molar-refractivity contribution in [3.8, 4) is 0 Å². The molecule has 1 heterocycles. The molecule has 0 aromatic heterocycles. The van der Waals surface area contributed by atoms with Crippen LogP contribution in [0.4, 0.5) is 0 Å². The Hall–Kier alpha value is -1.10. The Labute approximate surface area is 121 Å². The normalized spacial score (nSPS) is 25.6. The van der Waals surface area contributed by atoms with Gasteiger partial charge in [-0.3, -0.25) is 9.59 Å². The number of carbonyl (C=O) groups is 2. The van der Waals surface area contributed by atoms with Crippen molar-refractivity contribution < 1.29 is 9.59 Å². The summed E-state index contributed by atoms with van der Waals surface area (Å²) in [7, 11) is 1.52. The van der Waals surface area contributed by atoms with Gasteiger partial charge in [-0.15, -0.1) is 0 Å². The Bertz CT molecular complexity index is 338. The molecule has 1 atom stereocenters. The predicted octanol–water partition coefficient (Wildman–Crippen LogP) is 0.893. The Balaban J connectivity index is 2.04. The van der Waals surface area contributed by atoms with Gasteiger partial charge in [0.25, 0.3) is 0 Å². The first-order valence-electron chi connectivity index (χ1n) is 7.97. The smallest absolute Gasteiger partial charge is 0.312 e. The fraction of sp³-hybridized carbons (Fsp3) is 0.867. The maximum Gasteiger partial charge on any atom is 0.312 e. The van der Waals surface area contributed by atoms with E-state index in [-0.39, 0.29) is 11.9 Å². The van der Waals surface area contributed by atoms with Gasteiger partial charge in [0.1, 0.15) is 0 Å². The van der Waals surface area contributed by atoms with Gasteiger partial charge in [-0.25, -0.2) is 0 Å². The fourth-order valence-electron chi connectivity index (χ4n) is 3.51. The van der Waals surface area contributed by atoms with Gasteiger partial charge in [-0.05, 0) is 18.8 Å². The minimum atomic E-state index is -0.484. The monoisotopic (exact) mass is 281 g/mol. The van der Waals surface area contributed by atoms with Crippen molar-refractivity contribution in [1.29, 1.82) is 0 Å². The van der Waals surface area contributed by atoms with E-state index in [1.165, 1.54) is 52.0 Å². The molecule has 0 aromatic carbocycles. The zero-order valence-corrected chi connectivity index (χ0v) is 12.5. The van der Waals surface area contributed by atoms with Crippen molar-refractivity contribution >= 4 is 11.8 Å². The molecule has 0 aromatic rings. The predicted molar refractivity (Wildman–Crippen MR) is 78.2 cm³/mol. The fourth-order valence-corrected chi connectivity index (χ4v) is 3.51. The summed E-state index contributed by atoms with van der Waals surface area (Å²) in [5.41, 5.74) is 0. The van der Waals surface area contributed by atoms with Crippen LogP contribution in [0.1, 0.15) is 44.9 Å². The minimum Gasteiger partial charge on any atom is -0.351 e. The van der Waals surface area contributed by atoms with Gasteiger partial charge in [-0.1, -0.05) is 32.1 Å². The van der Waals surface area contributed by atoms with Crippen LogP contribution in [0.15, 0.2) is 0 Å². The van der Waals surface area contributed by atoms with E-state index >= 15 is 0 Å². The van der Waals surface area contributed by atoms with Gasteiger partial charge < -0.3 is 15.5 Å². The third-order valence-electron chi connectivity index (χ3n) is 4.66. The lowest BCUT2D eigenvalue weighted by Crippen LogP contribution is -2.59. The van der Waals surface area contributed by atoms with E-state index in [4.69, 9.17) is 0 Å². The zero-order chi connectivity index (χ0) is 14.4. The molecule has 1 saturated carbocycles. The average Bonchev–Trinajstić information content (AvgIpc) is 2.45. The van der Waals surface area contributed by atoms with Crippen molar-refractivity contribution in [2.45, 2.75) is 51.0 Å². The Morgan fingerprint density at radius 3 is 2.40 bits per heavy atom. The van der Waals surface area contributed by atoms with Crippen LogP contribution < -0.4 is 10.6 Å². The molecule has 2 aliphatic rings. The molecule has 1 unspecified atom stereocenters. The second kappa shape index (κ2) is 7.62. The van der Waals surface area contributed by atoms with Crippen LogP contribution in [-0.4, -0.2) is 49.4 Å². The number of hydrogen-bond donors (Lipinski definition) is 2. The SMILES string of the molecule is CNC(=O)C(=O)N1CCNCC1C1CCCCCCC1. The second-order valence-electron chi connectivity index (χ2n) is 5.95. The van der Waals surface area contributed by atoms with Gasteiger partial charge in [-0.2, -0.15) is 0 Å². The van der Waals surface area contributed by atoms with Crippen LogP contribution in [-0.2, 0) is 9.59 Å². The Kier molecular flexibility index (Phi) is 5.83. The summed E-state index contributed by atoms with van der Waals surface area (Å²) in [6, 6.07) is 0.187. The summed E-state index contributed by atoms with van der Waals surface area (Å²) in [5.74, 6) is -0.305. The second-order valence-corrected chi connectivity index (χ2v) is 5.95. The van der Waals surface area contributed by atoms with Crippen LogP contribution in [0, 0.1) is 5.92 Å². The molecule has 2 fully saturated rings. The van der Waals surface area contributed by atoms with Crippen LogP contribution in [0.2, 0.25) is 0 Å². The molecular weight excluding hydrogens is 254 g/mol. The third-order valence-corrected chi connectivity index (χ3v) is 4.66. The van der Waals surface area contributed by atoms with E-state index in [0.29, 0.717) is 12.5 Å². The number of hydrogen-bond acceptors (Lipinski definition) is 3. The molecule has 114 valence electrons. The first kappa shape index (κ1) is 15.3. The number of carbonyl (C=O) groups excluding carboxylic acids is 2. The van der Waals surface area contributed by atoms with Crippen molar-refractivity contribution in [1.82, 2.24) is 15.5 Å². The molecule has 1 aliphatic carbocycles. The number of nitrogens with zero attached hydrogens (tertiary/aromatic N) is 1. The summed E-state index contributed by atoms with van der Waals surface area (Å²) in [5, 5.41) is 5.84. The molecule has 20 heavy (non-hydrogen) atoms. The zero-order valence-electron chi connectivity index (χ0n) is 12.5. The first-order valence-corrected chi connectivity index (χ1v) is 7.97. The van der Waals surface area contributed by atoms with Crippen LogP contribution >= 0.6 is 0 Å². The minimum absolute atomic E-state index is 0.187. The highest BCUT2D eigenvalue weighted by Crippen LogP contribution is 2.28. The summed E-state index contributed by atoms with van der Waals surface area (Å²) in [6.07, 6.45) is 8.83. The van der Waals surface area contributed by atoms with Crippen LogP contribution in [0.3, 0.4) is 0 Å². The van der Waals surface area contributed by atoms with E-state index in [0.717, 1.165) is 13.1 Å². The highest BCUT2D eigenvalue weighted by Gasteiger charge is 2.34. The number of rotatable bonds is 1.